The van der Waals surface area contributed by atoms with Crippen LogP contribution in [0.3, 0.4) is 0 Å². The molecule has 0 amide bonds. The molecule has 0 spiro atoms. The quantitative estimate of drug-likeness (QED) is 0.838. The Morgan fingerprint density at radius 2 is 1.89 bits per heavy atom. The van der Waals surface area contributed by atoms with E-state index in [1.165, 1.54) is 18.2 Å². The zero-order valence-corrected chi connectivity index (χ0v) is 12.1. The van der Waals surface area contributed by atoms with Crippen molar-refractivity contribution in [2.45, 2.75) is 24.7 Å². The van der Waals surface area contributed by atoms with Gasteiger partial charge in [0.15, 0.2) is 0 Å². The molecule has 6 nitrogen and oxygen atoms in total. The van der Waals surface area contributed by atoms with E-state index < -0.39 is 20.0 Å². The van der Waals surface area contributed by atoms with Crippen LogP contribution in [0.1, 0.15) is 18.4 Å². The fourth-order valence-electron chi connectivity index (χ4n) is 1.85. The summed E-state index contributed by atoms with van der Waals surface area (Å²) in [6, 6.07) is 4.17. The van der Waals surface area contributed by atoms with Crippen LogP contribution in [0.2, 0.25) is 0 Å². The summed E-state index contributed by atoms with van der Waals surface area (Å²) in [5.74, 6) is 0.366. The number of aryl methyl sites for hydroxylation is 1. The molecule has 0 saturated heterocycles. The third-order valence-electron chi connectivity index (χ3n) is 2.91. The molecule has 1 aliphatic carbocycles. The van der Waals surface area contributed by atoms with Crippen LogP contribution in [0, 0.1) is 12.8 Å². The molecule has 8 heteroatoms. The average molecular weight is 304 g/mol. The Hall–Kier alpha value is -1.12. The molecule has 0 atom stereocenters. The molecule has 0 radical (unpaired) electrons. The van der Waals surface area contributed by atoms with E-state index in [0.29, 0.717) is 11.3 Å². The third-order valence-corrected chi connectivity index (χ3v) is 5.43. The van der Waals surface area contributed by atoms with E-state index in [-0.39, 0.29) is 16.6 Å². The highest BCUT2D eigenvalue weighted by Crippen LogP contribution is 2.30. The van der Waals surface area contributed by atoms with Crippen LogP contribution in [-0.2, 0) is 20.0 Å². The van der Waals surface area contributed by atoms with Gasteiger partial charge >= 0.3 is 0 Å². The lowest BCUT2D eigenvalue weighted by atomic mass is 10.2. The summed E-state index contributed by atoms with van der Waals surface area (Å²) in [5.41, 5.74) is 0.764. The second-order valence-electron chi connectivity index (χ2n) is 4.85. The molecule has 1 aromatic carbocycles. The number of rotatable bonds is 5. The van der Waals surface area contributed by atoms with Crippen LogP contribution in [0.15, 0.2) is 23.1 Å². The minimum Gasteiger partial charge on any atom is -0.284 e. The number of anilines is 1. The maximum atomic E-state index is 11.8. The molecule has 19 heavy (non-hydrogen) atoms. The van der Waals surface area contributed by atoms with Gasteiger partial charge in [-0.3, -0.25) is 4.72 Å². The summed E-state index contributed by atoms with van der Waals surface area (Å²) in [6.45, 7) is 1.57. The predicted molar refractivity (Wildman–Crippen MR) is 72.7 cm³/mol. The summed E-state index contributed by atoms with van der Waals surface area (Å²) in [6.07, 6.45) is 1.90. The van der Waals surface area contributed by atoms with Gasteiger partial charge in [0.25, 0.3) is 0 Å². The van der Waals surface area contributed by atoms with Crippen molar-refractivity contribution in [2.75, 3.05) is 10.5 Å². The van der Waals surface area contributed by atoms with E-state index in [1.54, 1.807) is 6.92 Å². The van der Waals surface area contributed by atoms with E-state index in [1.807, 2.05) is 0 Å². The second-order valence-corrected chi connectivity index (χ2v) is 8.15. The first-order valence-electron chi connectivity index (χ1n) is 5.81. The zero-order chi connectivity index (χ0) is 14.3. The van der Waals surface area contributed by atoms with Crippen molar-refractivity contribution in [3.8, 4) is 0 Å². The topological polar surface area (TPSA) is 106 Å². The zero-order valence-electron chi connectivity index (χ0n) is 10.5. The van der Waals surface area contributed by atoms with E-state index in [4.69, 9.17) is 5.14 Å². The van der Waals surface area contributed by atoms with Crippen molar-refractivity contribution in [3.05, 3.63) is 23.8 Å². The summed E-state index contributed by atoms with van der Waals surface area (Å²) in [4.78, 5) is -0.00218. The van der Waals surface area contributed by atoms with Gasteiger partial charge in [-0.2, -0.15) is 0 Å². The van der Waals surface area contributed by atoms with Gasteiger partial charge in [0.05, 0.1) is 10.6 Å². The third kappa shape index (κ3) is 3.92. The minimum atomic E-state index is -3.78. The molecule has 0 unspecified atom stereocenters. The van der Waals surface area contributed by atoms with Crippen LogP contribution in [-0.4, -0.2) is 22.6 Å². The maximum absolute atomic E-state index is 11.8. The van der Waals surface area contributed by atoms with Gasteiger partial charge in [0, 0.05) is 5.69 Å². The minimum absolute atomic E-state index is 0.00218. The smallest absolute Gasteiger partial charge is 0.238 e. The average Bonchev–Trinajstić information content (AvgIpc) is 2.97. The van der Waals surface area contributed by atoms with Gasteiger partial charge in [-0.15, -0.1) is 0 Å². The monoisotopic (exact) mass is 304 g/mol. The number of primary sulfonamides is 1. The highest BCUT2D eigenvalue weighted by molar-refractivity contribution is 7.92. The SMILES string of the molecule is Cc1cc(NS(=O)(=O)CC2CC2)ccc1S(N)(=O)=O. The molecule has 3 N–H and O–H groups in total. The summed E-state index contributed by atoms with van der Waals surface area (Å²) in [7, 11) is -7.15. The number of nitrogens with one attached hydrogen (secondary N) is 1. The fourth-order valence-corrected chi connectivity index (χ4v) is 4.14. The van der Waals surface area contributed by atoms with Crippen molar-refractivity contribution in [1.82, 2.24) is 0 Å². The molecule has 106 valence electrons. The van der Waals surface area contributed by atoms with Gasteiger partial charge in [0.1, 0.15) is 0 Å². The van der Waals surface area contributed by atoms with E-state index in [0.717, 1.165) is 12.8 Å². The molecule has 0 heterocycles. The fraction of sp³-hybridized carbons (Fsp3) is 0.455. The van der Waals surface area contributed by atoms with Gasteiger partial charge in [-0.05, 0) is 49.4 Å². The number of nitrogens with two attached hydrogens (primary N) is 1. The molecule has 2 rings (SSSR count). The van der Waals surface area contributed by atoms with E-state index in [2.05, 4.69) is 4.72 Å². The van der Waals surface area contributed by atoms with Crippen molar-refractivity contribution in [1.29, 1.82) is 0 Å². The first-order chi connectivity index (χ1) is 8.67. The number of benzene rings is 1. The van der Waals surface area contributed by atoms with Crippen molar-refractivity contribution < 1.29 is 16.8 Å². The van der Waals surface area contributed by atoms with Gasteiger partial charge in [0.2, 0.25) is 20.0 Å². The van der Waals surface area contributed by atoms with E-state index in [9.17, 15) is 16.8 Å². The molecular weight excluding hydrogens is 288 g/mol. The van der Waals surface area contributed by atoms with Crippen molar-refractivity contribution in [2.24, 2.45) is 11.1 Å². The molecule has 1 aromatic rings. The Balaban J connectivity index is 2.20. The Morgan fingerprint density at radius 1 is 1.26 bits per heavy atom. The Morgan fingerprint density at radius 3 is 2.37 bits per heavy atom. The largest absolute Gasteiger partial charge is 0.284 e. The Kier molecular flexibility index (Phi) is 3.59. The van der Waals surface area contributed by atoms with Crippen LogP contribution < -0.4 is 9.86 Å². The number of hydrogen-bond donors (Lipinski definition) is 2. The number of sulfonamides is 2. The Bertz CT molecular complexity index is 691. The molecule has 1 fully saturated rings. The summed E-state index contributed by atoms with van der Waals surface area (Å²) < 4.78 is 48.5. The molecule has 1 aliphatic rings. The lowest BCUT2D eigenvalue weighted by Gasteiger charge is -2.10. The predicted octanol–water partition coefficient (Wildman–Crippen LogP) is 0.794. The highest BCUT2D eigenvalue weighted by Gasteiger charge is 2.28. The molecule has 0 aliphatic heterocycles. The summed E-state index contributed by atoms with van der Waals surface area (Å²) >= 11 is 0. The maximum Gasteiger partial charge on any atom is 0.238 e. The highest BCUT2D eigenvalue weighted by atomic mass is 32.2. The normalized spacial score (nSPS) is 16.3. The van der Waals surface area contributed by atoms with Crippen LogP contribution >= 0.6 is 0 Å². The van der Waals surface area contributed by atoms with Gasteiger partial charge in [-0.25, -0.2) is 22.0 Å². The lowest BCUT2D eigenvalue weighted by Crippen LogP contribution is -2.18. The van der Waals surface area contributed by atoms with Crippen molar-refractivity contribution >= 4 is 25.7 Å². The van der Waals surface area contributed by atoms with Crippen molar-refractivity contribution in [3.63, 3.8) is 0 Å². The second kappa shape index (κ2) is 4.77. The number of hydrogen-bond acceptors (Lipinski definition) is 4. The molecule has 0 bridgehead atoms. The molecule has 0 aromatic heterocycles. The van der Waals surface area contributed by atoms with Crippen LogP contribution in [0.4, 0.5) is 5.69 Å². The first-order valence-corrected chi connectivity index (χ1v) is 9.01. The standard InChI is InChI=1S/C11H16N2O4S2/c1-8-6-10(4-5-11(8)19(12,16)17)13-18(14,15)7-9-2-3-9/h4-6,9,13H,2-3,7H2,1H3,(H2,12,16,17). The Labute approximate surface area is 113 Å². The lowest BCUT2D eigenvalue weighted by molar-refractivity contribution is 0.596. The van der Waals surface area contributed by atoms with E-state index >= 15 is 0 Å². The molecular formula is C11H16N2O4S2. The van der Waals surface area contributed by atoms with Gasteiger partial charge in [-0.1, -0.05) is 0 Å². The molecule has 1 saturated carbocycles. The first kappa shape index (κ1) is 14.3. The van der Waals surface area contributed by atoms with Crippen LogP contribution in [0.5, 0.6) is 0 Å². The van der Waals surface area contributed by atoms with Crippen LogP contribution in [0.25, 0.3) is 0 Å². The summed E-state index contributed by atoms with van der Waals surface area (Å²) in [5, 5.41) is 5.04. The van der Waals surface area contributed by atoms with Gasteiger partial charge < -0.3 is 0 Å².